The Morgan fingerprint density at radius 3 is 2.58 bits per heavy atom. The number of β-amino-alcohol motifs (C(OH)–C–C–N with tert-alkyl or cyclic N) is 1. The number of likely N-dealkylation sites (tertiary alicyclic amines) is 1. The summed E-state index contributed by atoms with van der Waals surface area (Å²) in [4.78, 5) is 2.25. The highest BCUT2D eigenvalue weighted by Gasteiger charge is 2.20. The van der Waals surface area contributed by atoms with Crippen molar-refractivity contribution in [1.29, 1.82) is 0 Å². The van der Waals surface area contributed by atoms with Crippen LogP contribution in [0.1, 0.15) is 27.2 Å². The Balaban J connectivity index is 2.16. The molecule has 0 aromatic rings. The van der Waals surface area contributed by atoms with Gasteiger partial charge in [-0.05, 0) is 27.2 Å². The van der Waals surface area contributed by atoms with Crippen molar-refractivity contribution in [2.24, 2.45) is 0 Å². The molecule has 1 atom stereocenters. The van der Waals surface area contributed by atoms with E-state index in [9.17, 15) is 5.11 Å². The van der Waals surface area contributed by atoms with Gasteiger partial charge in [0.15, 0.2) is 0 Å². The SMILES string of the molecule is CC(C)(C)NCN1CCC(O)C1. The molecule has 0 aliphatic carbocycles. The van der Waals surface area contributed by atoms with Crippen molar-refractivity contribution in [1.82, 2.24) is 10.2 Å². The van der Waals surface area contributed by atoms with E-state index in [0.29, 0.717) is 0 Å². The highest BCUT2D eigenvalue weighted by atomic mass is 16.3. The highest BCUT2D eigenvalue weighted by Crippen LogP contribution is 2.08. The smallest absolute Gasteiger partial charge is 0.0679 e. The molecule has 1 rings (SSSR count). The molecule has 1 fully saturated rings. The fraction of sp³-hybridized carbons (Fsp3) is 1.00. The summed E-state index contributed by atoms with van der Waals surface area (Å²) >= 11 is 0. The predicted octanol–water partition coefficient (Wildman–Crippen LogP) is 0.399. The Morgan fingerprint density at radius 2 is 2.17 bits per heavy atom. The summed E-state index contributed by atoms with van der Waals surface area (Å²) in [6.45, 7) is 9.19. The lowest BCUT2D eigenvalue weighted by molar-refractivity contribution is 0.168. The summed E-state index contributed by atoms with van der Waals surface area (Å²) in [6, 6.07) is 0. The van der Waals surface area contributed by atoms with Crippen molar-refractivity contribution in [3.63, 3.8) is 0 Å². The monoisotopic (exact) mass is 172 g/mol. The molecule has 2 N–H and O–H groups in total. The van der Waals surface area contributed by atoms with Crippen LogP contribution >= 0.6 is 0 Å². The van der Waals surface area contributed by atoms with Crippen molar-refractivity contribution < 1.29 is 5.11 Å². The molecule has 72 valence electrons. The molecule has 1 aliphatic rings. The number of nitrogens with one attached hydrogen (secondary N) is 1. The van der Waals surface area contributed by atoms with Gasteiger partial charge in [0, 0.05) is 25.3 Å². The van der Waals surface area contributed by atoms with E-state index in [4.69, 9.17) is 0 Å². The van der Waals surface area contributed by atoms with Crippen molar-refractivity contribution >= 4 is 0 Å². The van der Waals surface area contributed by atoms with Crippen LogP contribution in [0.5, 0.6) is 0 Å². The Morgan fingerprint density at radius 1 is 1.50 bits per heavy atom. The van der Waals surface area contributed by atoms with Gasteiger partial charge in [-0.3, -0.25) is 10.2 Å². The van der Waals surface area contributed by atoms with Crippen LogP contribution in [0.25, 0.3) is 0 Å². The van der Waals surface area contributed by atoms with Gasteiger partial charge in [-0.15, -0.1) is 0 Å². The van der Waals surface area contributed by atoms with Crippen molar-refractivity contribution in [2.75, 3.05) is 19.8 Å². The molecule has 1 unspecified atom stereocenters. The lowest BCUT2D eigenvalue weighted by Gasteiger charge is -2.25. The third-order valence-corrected chi connectivity index (χ3v) is 2.08. The molecule has 3 heteroatoms. The molecular weight excluding hydrogens is 152 g/mol. The van der Waals surface area contributed by atoms with Crippen LogP contribution in [0.4, 0.5) is 0 Å². The molecule has 1 aliphatic heterocycles. The van der Waals surface area contributed by atoms with Gasteiger partial charge >= 0.3 is 0 Å². The fourth-order valence-corrected chi connectivity index (χ4v) is 1.30. The van der Waals surface area contributed by atoms with E-state index in [1.807, 2.05) is 0 Å². The molecule has 0 amide bonds. The second-order valence-corrected chi connectivity index (χ2v) is 4.60. The Kier molecular flexibility index (Phi) is 3.09. The molecule has 0 saturated carbocycles. The molecule has 0 radical (unpaired) electrons. The van der Waals surface area contributed by atoms with E-state index < -0.39 is 0 Å². The van der Waals surface area contributed by atoms with Gasteiger partial charge in [0.25, 0.3) is 0 Å². The van der Waals surface area contributed by atoms with Gasteiger partial charge in [-0.2, -0.15) is 0 Å². The van der Waals surface area contributed by atoms with E-state index >= 15 is 0 Å². The minimum atomic E-state index is -0.105. The third kappa shape index (κ3) is 3.52. The maximum Gasteiger partial charge on any atom is 0.0679 e. The average Bonchev–Trinajstić information content (AvgIpc) is 2.30. The van der Waals surface area contributed by atoms with Gasteiger partial charge in [-0.1, -0.05) is 0 Å². The largest absolute Gasteiger partial charge is 0.392 e. The molecule has 1 saturated heterocycles. The third-order valence-electron chi connectivity index (χ3n) is 2.08. The number of aliphatic hydroxyl groups is 1. The zero-order chi connectivity index (χ0) is 9.19. The molecule has 3 nitrogen and oxygen atoms in total. The van der Waals surface area contributed by atoms with E-state index in [1.165, 1.54) is 0 Å². The summed E-state index contributed by atoms with van der Waals surface area (Å²) < 4.78 is 0. The zero-order valence-corrected chi connectivity index (χ0v) is 8.30. The summed E-state index contributed by atoms with van der Waals surface area (Å²) in [5.74, 6) is 0. The van der Waals surface area contributed by atoms with Crippen LogP contribution < -0.4 is 5.32 Å². The minimum Gasteiger partial charge on any atom is -0.392 e. The first-order valence-corrected chi connectivity index (χ1v) is 4.63. The molecule has 12 heavy (non-hydrogen) atoms. The van der Waals surface area contributed by atoms with Crippen LogP contribution in [-0.4, -0.2) is 41.4 Å². The maximum absolute atomic E-state index is 9.26. The summed E-state index contributed by atoms with van der Waals surface area (Å²) in [5, 5.41) is 12.7. The van der Waals surface area contributed by atoms with Crippen molar-refractivity contribution in [2.45, 2.75) is 38.8 Å². The lowest BCUT2D eigenvalue weighted by atomic mass is 10.1. The Labute approximate surface area is 74.8 Å². The standard InChI is InChI=1S/C9H20N2O/c1-9(2,3)10-7-11-5-4-8(12)6-11/h8,10,12H,4-7H2,1-3H3. The van der Waals surface area contributed by atoms with Crippen LogP contribution in [0.3, 0.4) is 0 Å². The van der Waals surface area contributed by atoms with Crippen LogP contribution in [0, 0.1) is 0 Å². The normalized spacial score (nSPS) is 26.5. The first kappa shape index (κ1) is 9.96. The first-order valence-electron chi connectivity index (χ1n) is 4.63. The maximum atomic E-state index is 9.26. The van der Waals surface area contributed by atoms with E-state index in [1.54, 1.807) is 0 Å². The fourth-order valence-electron chi connectivity index (χ4n) is 1.30. The Hall–Kier alpha value is -0.120. The van der Waals surface area contributed by atoms with E-state index in [-0.39, 0.29) is 11.6 Å². The first-order chi connectivity index (χ1) is 5.47. The quantitative estimate of drug-likeness (QED) is 0.633. The molecule has 0 aromatic carbocycles. The summed E-state index contributed by atoms with van der Waals surface area (Å²) in [6.07, 6.45) is 0.818. The molecule has 0 bridgehead atoms. The minimum absolute atomic E-state index is 0.105. The van der Waals surface area contributed by atoms with E-state index in [2.05, 4.69) is 31.0 Å². The average molecular weight is 172 g/mol. The van der Waals surface area contributed by atoms with Gasteiger partial charge in [-0.25, -0.2) is 0 Å². The van der Waals surface area contributed by atoms with Crippen LogP contribution in [-0.2, 0) is 0 Å². The Bertz CT molecular complexity index is 142. The number of rotatable bonds is 2. The number of nitrogens with zero attached hydrogens (tertiary/aromatic N) is 1. The second kappa shape index (κ2) is 3.73. The number of hydrogen-bond donors (Lipinski definition) is 2. The molecule has 0 spiro atoms. The van der Waals surface area contributed by atoms with E-state index in [0.717, 1.165) is 26.2 Å². The zero-order valence-electron chi connectivity index (χ0n) is 8.30. The number of aliphatic hydroxyl groups excluding tert-OH is 1. The lowest BCUT2D eigenvalue weighted by Crippen LogP contribution is -2.43. The molecular formula is C9H20N2O. The summed E-state index contributed by atoms with van der Waals surface area (Å²) in [5.41, 5.74) is 0.174. The number of hydrogen-bond acceptors (Lipinski definition) is 3. The van der Waals surface area contributed by atoms with Crippen molar-refractivity contribution in [3.8, 4) is 0 Å². The predicted molar refractivity (Wildman–Crippen MR) is 50.0 cm³/mol. The topological polar surface area (TPSA) is 35.5 Å². The van der Waals surface area contributed by atoms with Gasteiger partial charge in [0.05, 0.1) is 6.10 Å². The van der Waals surface area contributed by atoms with Crippen molar-refractivity contribution in [3.05, 3.63) is 0 Å². The van der Waals surface area contributed by atoms with Gasteiger partial charge in [0.1, 0.15) is 0 Å². The molecule has 1 heterocycles. The van der Waals surface area contributed by atoms with Crippen LogP contribution in [0.2, 0.25) is 0 Å². The van der Waals surface area contributed by atoms with Crippen LogP contribution in [0.15, 0.2) is 0 Å². The summed E-state index contributed by atoms with van der Waals surface area (Å²) in [7, 11) is 0. The highest BCUT2D eigenvalue weighted by molar-refractivity contribution is 4.76. The second-order valence-electron chi connectivity index (χ2n) is 4.60. The van der Waals surface area contributed by atoms with Gasteiger partial charge < -0.3 is 5.11 Å². The van der Waals surface area contributed by atoms with Gasteiger partial charge in [0.2, 0.25) is 0 Å². The molecule has 0 aromatic heterocycles.